The SMILES string of the molecule is CCCC(C)(C)OC(C)([O])C(C)CC. The van der Waals surface area contributed by atoms with E-state index < -0.39 is 5.79 Å². The van der Waals surface area contributed by atoms with Crippen LogP contribution in [0.15, 0.2) is 0 Å². The van der Waals surface area contributed by atoms with Gasteiger partial charge in [0, 0.05) is 5.92 Å². The van der Waals surface area contributed by atoms with Crippen molar-refractivity contribution in [2.24, 2.45) is 5.92 Å². The minimum absolute atomic E-state index is 0.0543. The second-order valence-electron chi connectivity index (χ2n) is 4.94. The van der Waals surface area contributed by atoms with Gasteiger partial charge in [0.15, 0.2) is 0 Å². The maximum atomic E-state index is 12.1. The average molecular weight is 201 g/mol. The van der Waals surface area contributed by atoms with Gasteiger partial charge in [-0.25, -0.2) is 0 Å². The van der Waals surface area contributed by atoms with E-state index in [0.717, 1.165) is 19.3 Å². The van der Waals surface area contributed by atoms with Gasteiger partial charge in [-0.2, -0.15) is 5.11 Å². The number of ether oxygens (including phenoxy) is 1. The molecule has 0 N–H and O–H groups in total. The van der Waals surface area contributed by atoms with E-state index in [-0.39, 0.29) is 11.5 Å². The Morgan fingerprint density at radius 2 is 1.71 bits per heavy atom. The number of rotatable bonds is 6. The van der Waals surface area contributed by atoms with Crippen LogP contribution >= 0.6 is 0 Å². The van der Waals surface area contributed by atoms with Crippen LogP contribution in [0, 0.1) is 5.92 Å². The molecule has 2 nitrogen and oxygen atoms in total. The molecule has 0 rings (SSSR count). The summed E-state index contributed by atoms with van der Waals surface area (Å²) in [6.07, 6.45) is 2.84. The zero-order chi connectivity index (χ0) is 11.4. The van der Waals surface area contributed by atoms with E-state index in [2.05, 4.69) is 6.92 Å². The fourth-order valence-electron chi connectivity index (χ4n) is 1.67. The molecule has 2 atom stereocenters. The second-order valence-corrected chi connectivity index (χ2v) is 4.94. The lowest BCUT2D eigenvalue weighted by atomic mass is 9.96. The molecule has 0 aliphatic rings. The summed E-state index contributed by atoms with van der Waals surface area (Å²) in [7, 11) is 0. The minimum Gasteiger partial charge on any atom is -0.341 e. The Morgan fingerprint density at radius 1 is 1.21 bits per heavy atom. The zero-order valence-corrected chi connectivity index (χ0v) is 10.5. The van der Waals surface area contributed by atoms with Gasteiger partial charge in [0.1, 0.15) is 0 Å². The van der Waals surface area contributed by atoms with Gasteiger partial charge in [0.05, 0.1) is 5.60 Å². The topological polar surface area (TPSA) is 29.1 Å². The lowest BCUT2D eigenvalue weighted by Gasteiger charge is -2.36. The van der Waals surface area contributed by atoms with E-state index in [1.165, 1.54) is 0 Å². The van der Waals surface area contributed by atoms with Crippen LogP contribution in [0.25, 0.3) is 0 Å². The first kappa shape index (κ1) is 13.9. The molecule has 0 saturated heterocycles. The van der Waals surface area contributed by atoms with Crippen molar-refractivity contribution in [3.63, 3.8) is 0 Å². The van der Waals surface area contributed by atoms with Gasteiger partial charge in [-0.15, -0.1) is 0 Å². The summed E-state index contributed by atoms with van der Waals surface area (Å²) in [5.41, 5.74) is -0.297. The molecular formula is C12H25O2. The molecule has 0 aromatic rings. The Labute approximate surface area is 88.7 Å². The largest absolute Gasteiger partial charge is 0.341 e. The van der Waals surface area contributed by atoms with Gasteiger partial charge in [-0.05, 0) is 33.6 Å². The molecule has 0 bridgehead atoms. The van der Waals surface area contributed by atoms with Crippen LogP contribution in [-0.2, 0) is 9.84 Å². The molecule has 14 heavy (non-hydrogen) atoms. The highest BCUT2D eigenvalue weighted by molar-refractivity contribution is 4.75. The molecule has 2 heteroatoms. The van der Waals surface area contributed by atoms with Gasteiger partial charge in [-0.3, -0.25) is 0 Å². The Morgan fingerprint density at radius 3 is 2.07 bits per heavy atom. The Kier molecular flexibility index (Phi) is 5.10. The van der Waals surface area contributed by atoms with E-state index in [1.54, 1.807) is 6.92 Å². The fourth-order valence-corrected chi connectivity index (χ4v) is 1.67. The smallest absolute Gasteiger partial charge is 0.201 e. The Hall–Kier alpha value is -0.0800. The number of hydrogen-bond donors (Lipinski definition) is 0. The molecule has 0 aliphatic heterocycles. The molecule has 2 unspecified atom stereocenters. The first-order valence-electron chi connectivity index (χ1n) is 5.65. The second kappa shape index (κ2) is 5.13. The van der Waals surface area contributed by atoms with Gasteiger partial charge in [0.2, 0.25) is 5.79 Å². The molecule has 0 aliphatic carbocycles. The third-order valence-corrected chi connectivity index (χ3v) is 2.84. The van der Waals surface area contributed by atoms with Crippen molar-refractivity contribution in [1.82, 2.24) is 0 Å². The summed E-state index contributed by atoms with van der Waals surface area (Å²) >= 11 is 0. The van der Waals surface area contributed by atoms with Crippen molar-refractivity contribution < 1.29 is 9.84 Å². The first-order valence-corrected chi connectivity index (χ1v) is 5.65. The van der Waals surface area contributed by atoms with E-state index >= 15 is 0 Å². The summed E-state index contributed by atoms with van der Waals surface area (Å²) < 4.78 is 5.66. The van der Waals surface area contributed by atoms with Crippen LogP contribution in [0.2, 0.25) is 0 Å². The quantitative estimate of drug-likeness (QED) is 0.601. The maximum absolute atomic E-state index is 12.1. The monoisotopic (exact) mass is 201 g/mol. The third kappa shape index (κ3) is 4.43. The molecule has 1 radical (unpaired) electrons. The van der Waals surface area contributed by atoms with E-state index in [9.17, 15) is 5.11 Å². The summed E-state index contributed by atoms with van der Waals surface area (Å²) in [6, 6.07) is 0. The standard InChI is InChI=1S/C12H25O2/c1-7-9-11(4,5)14-12(6,13)10(3)8-2/h10H,7-9H2,1-6H3. The van der Waals surface area contributed by atoms with Gasteiger partial charge in [-0.1, -0.05) is 27.2 Å². The highest BCUT2D eigenvalue weighted by atomic mass is 16.6. The van der Waals surface area contributed by atoms with Crippen LogP contribution in [0.5, 0.6) is 0 Å². The molecule has 0 aromatic carbocycles. The van der Waals surface area contributed by atoms with Gasteiger partial charge in [0.25, 0.3) is 0 Å². The Balaban J connectivity index is 4.33. The minimum atomic E-state index is -1.26. The summed E-state index contributed by atoms with van der Waals surface area (Å²) in [5.74, 6) is -1.20. The van der Waals surface area contributed by atoms with Gasteiger partial charge < -0.3 is 4.74 Å². The molecule has 0 aromatic heterocycles. The molecule has 0 fully saturated rings. The molecule has 85 valence electrons. The number of hydrogen-bond acceptors (Lipinski definition) is 1. The van der Waals surface area contributed by atoms with Crippen molar-refractivity contribution in [1.29, 1.82) is 0 Å². The lowest BCUT2D eigenvalue weighted by molar-refractivity contribution is -0.301. The normalized spacial score (nSPS) is 19.1. The highest BCUT2D eigenvalue weighted by Crippen LogP contribution is 2.30. The predicted octanol–water partition coefficient (Wildman–Crippen LogP) is 3.77. The van der Waals surface area contributed by atoms with Crippen molar-refractivity contribution >= 4 is 0 Å². The molecule has 0 saturated carbocycles. The van der Waals surface area contributed by atoms with E-state index in [0.29, 0.717) is 0 Å². The molecular weight excluding hydrogens is 176 g/mol. The van der Waals surface area contributed by atoms with Crippen molar-refractivity contribution in [3.05, 3.63) is 0 Å². The lowest BCUT2D eigenvalue weighted by Crippen LogP contribution is -2.42. The highest BCUT2D eigenvalue weighted by Gasteiger charge is 2.36. The predicted molar refractivity (Wildman–Crippen MR) is 58.6 cm³/mol. The summed E-state index contributed by atoms with van der Waals surface area (Å²) in [5, 5.41) is 12.1. The van der Waals surface area contributed by atoms with Crippen LogP contribution < -0.4 is 0 Å². The third-order valence-electron chi connectivity index (χ3n) is 2.84. The zero-order valence-electron chi connectivity index (χ0n) is 10.5. The molecule has 0 heterocycles. The Bertz CT molecular complexity index is 162. The van der Waals surface area contributed by atoms with E-state index in [4.69, 9.17) is 4.74 Å². The fraction of sp³-hybridized carbons (Fsp3) is 1.00. The molecule has 0 amide bonds. The van der Waals surface area contributed by atoms with Crippen molar-refractivity contribution in [2.75, 3.05) is 0 Å². The van der Waals surface area contributed by atoms with Crippen LogP contribution in [0.3, 0.4) is 0 Å². The van der Waals surface area contributed by atoms with Crippen molar-refractivity contribution in [3.8, 4) is 0 Å². The van der Waals surface area contributed by atoms with E-state index in [1.807, 2.05) is 27.7 Å². The van der Waals surface area contributed by atoms with Crippen LogP contribution in [-0.4, -0.2) is 11.4 Å². The van der Waals surface area contributed by atoms with Crippen molar-refractivity contribution in [2.45, 2.75) is 72.2 Å². The molecule has 0 spiro atoms. The van der Waals surface area contributed by atoms with Gasteiger partial charge >= 0.3 is 0 Å². The maximum Gasteiger partial charge on any atom is 0.201 e. The van der Waals surface area contributed by atoms with Crippen LogP contribution in [0.1, 0.15) is 60.8 Å². The summed E-state index contributed by atoms with van der Waals surface area (Å²) in [4.78, 5) is 0. The summed E-state index contributed by atoms with van der Waals surface area (Å²) in [6.45, 7) is 11.7. The van der Waals surface area contributed by atoms with Crippen LogP contribution in [0.4, 0.5) is 0 Å². The first-order chi connectivity index (χ1) is 6.25. The average Bonchev–Trinajstić information content (AvgIpc) is 2.00.